The van der Waals surface area contributed by atoms with Crippen LogP contribution < -0.4 is 0 Å². The van der Waals surface area contributed by atoms with E-state index in [-0.39, 0.29) is 6.04 Å². The van der Waals surface area contributed by atoms with E-state index in [1.807, 2.05) is 41.1 Å². The molecule has 1 unspecified atom stereocenters. The van der Waals surface area contributed by atoms with Gasteiger partial charge in [-0.05, 0) is 0 Å². The fourth-order valence-corrected chi connectivity index (χ4v) is 2.19. The molecule has 0 aliphatic carbocycles. The lowest BCUT2D eigenvalue weighted by Crippen LogP contribution is -2.22. The molecule has 1 aliphatic rings. The highest BCUT2D eigenvalue weighted by molar-refractivity contribution is 5.55. The molecule has 4 nitrogen and oxygen atoms in total. The Kier molecular flexibility index (Phi) is 2.66. The second-order valence-corrected chi connectivity index (χ2v) is 4.20. The third-order valence-electron chi connectivity index (χ3n) is 3.08. The lowest BCUT2D eigenvalue weighted by atomic mass is 10.1. The van der Waals surface area contributed by atoms with Crippen molar-refractivity contribution in [2.75, 3.05) is 13.2 Å². The van der Waals surface area contributed by atoms with Crippen LogP contribution in [0.1, 0.15) is 6.04 Å². The van der Waals surface area contributed by atoms with Crippen molar-refractivity contribution in [3.05, 3.63) is 42.7 Å². The van der Waals surface area contributed by atoms with E-state index in [4.69, 9.17) is 4.74 Å². The smallest absolute Gasteiger partial charge is 0.140 e. The summed E-state index contributed by atoms with van der Waals surface area (Å²) in [5.74, 6) is 0.875. The predicted molar refractivity (Wildman–Crippen MR) is 63.5 cm³/mol. The van der Waals surface area contributed by atoms with Crippen LogP contribution in [0, 0.1) is 0 Å². The number of hydrogen-bond donors (Lipinski definition) is 1. The minimum absolute atomic E-state index is 0.0345. The molecule has 1 fully saturated rings. The molecule has 1 N–H and O–H groups in total. The van der Waals surface area contributed by atoms with Gasteiger partial charge in [-0.25, -0.2) is 4.98 Å². The minimum atomic E-state index is -0.452. The zero-order valence-electron chi connectivity index (χ0n) is 9.36. The standard InChI is InChI=1S/C13H14N2O2/c16-12-9-17-8-11(12)15-7-6-14-13(15)10-4-2-1-3-5-10/h1-7,11-12,16H,8-9H2/t11?,12-/m1/s1. The summed E-state index contributed by atoms with van der Waals surface area (Å²) in [6.07, 6.45) is 3.20. The molecule has 2 atom stereocenters. The van der Waals surface area contributed by atoms with Gasteiger partial charge in [0.25, 0.3) is 0 Å². The highest BCUT2D eigenvalue weighted by Gasteiger charge is 2.29. The van der Waals surface area contributed by atoms with E-state index in [2.05, 4.69) is 4.98 Å². The van der Waals surface area contributed by atoms with E-state index in [0.29, 0.717) is 13.2 Å². The number of aliphatic hydroxyl groups excluding tert-OH is 1. The molecular formula is C13H14N2O2. The Bertz CT molecular complexity index is 495. The SMILES string of the molecule is O[C@@H]1COCC1n1ccnc1-c1ccccc1. The van der Waals surface area contributed by atoms with Crippen molar-refractivity contribution >= 4 is 0 Å². The second kappa shape index (κ2) is 4.31. The van der Waals surface area contributed by atoms with Crippen molar-refractivity contribution in [1.29, 1.82) is 0 Å². The molecule has 0 bridgehead atoms. The number of aliphatic hydroxyl groups is 1. The summed E-state index contributed by atoms with van der Waals surface area (Å²) in [4.78, 5) is 4.36. The van der Waals surface area contributed by atoms with Gasteiger partial charge in [-0.15, -0.1) is 0 Å². The fourth-order valence-electron chi connectivity index (χ4n) is 2.19. The molecule has 1 saturated heterocycles. The molecular weight excluding hydrogens is 216 g/mol. The van der Waals surface area contributed by atoms with Crippen molar-refractivity contribution < 1.29 is 9.84 Å². The number of imidazole rings is 1. The van der Waals surface area contributed by atoms with Gasteiger partial charge in [0.2, 0.25) is 0 Å². The summed E-state index contributed by atoms with van der Waals surface area (Å²) in [6, 6.07) is 9.94. The molecule has 1 aromatic carbocycles. The van der Waals surface area contributed by atoms with Crippen LogP contribution in [0.4, 0.5) is 0 Å². The fraction of sp³-hybridized carbons (Fsp3) is 0.308. The molecule has 2 heterocycles. The Hall–Kier alpha value is -1.65. The van der Waals surface area contributed by atoms with E-state index >= 15 is 0 Å². The van der Waals surface area contributed by atoms with Crippen LogP contribution in [0.5, 0.6) is 0 Å². The first-order valence-electron chi connectivity index (χ1n) is 5.70. The van der Waals surface area contributed by atoms with Crippen LogP contribution in [0.3, 0.4) is 0 Å². The van der Waals surface area contributed by atoms with Gasteiger partial charge in [-0.3, -0.25) is 0 Å². The number of nitrogens with zero attached hydrogens (tertiary/aromatic N) is 2. The topological polar surface area (TPSA) is 47.3 Å². The first kappa shape index (κ1) is 10.5. The van der Waals surface area contributed by atoms with Crippen LogP contribution >= 0.6 is 0 Å². The minimum Gasteiger partial charge on any atom is -0.388 e. The van der Waals surface area contributed by atoms with E-state index in [9.17, 15) is 5.11 Å². The van der Waals surface area contributed by atoms with Gasteiger partial charge in [0.15, 0.2) is 0 Å². The van der Waals surface area contributed by atoms with Gasteiger partial charge < -0.3 is 14.4 Å². The average molecular weight is 230 g/mol. The summed E-state index contributed by atoms with van der Waals surface area (Å²) in [7, 11) is 0. The molecule has 1 aliphatic heterocycles. The average Bonchev–Trinajstić information content (AvgIpc) is 2.98. The summed E-state index contributed by atoms with van der Waals surface area (Å²) < 4.78 is 7.28. The molecule has 0 amide bonds. The zero-order valence-corrected chi connectivity index (χ0v) is 9.36. The summed E-state index contributed by atoms with van der Waals surface area (Å²) in [6.45, 7) is 0.939. The van der Waals surface area contributed by atoms with E-state index in [1.165, 1.54) is 0 Å². The van der Waals surface area contributed by atoms with Crippen LogP contribution in [0.25, 0.3) is 11.4 Å². The Labute approximate surface area is 99.5 Å². The highest BCUT2D eigenvalue weighted by atomic mass is 16.5. The van der Waals surface area contributed by atoms with E-state index in [1.54, 1.807) is 6.20 Å². The van der Waals surface area contributed by atoms with Gasteiger partial charge in [-0.1, -0.05) is 30.3 Å². The molecule has 3 rings (SSSR count). The predicted octanol–water partition coefficient (Wildman–Crippen LogP) is 1.48. The Balaban J connectivity index is 2.00. The molecule has 1 aromatic heterocycles. The quantitative estimate of drug-likeness (QED) is 0.850. The molecule has 0 spiro atoms. The Morgan fingerprint density at radius 2 is 2.06 bits per heavy atom. The Morgan fingerprint density at radius 1 is 1.24 bits per heavy atom. The van der Waals surface area contributed by atoms with E-state index < -0.39 is 6.10 Å². The zero-order chi connectivity index (χ0) is 11.7. The van der Waals surface area contributed by atoms with Crippen LogP contribution in [-0.2, 0) is 4.74 Å². The van der Waals surface area contributed by atoms with Gasteiger partial charge in [0.1, 0.15) is 11.9 Å². The van der Waals surface area contributed by atoms with Crippen molar-refractivity contribution in [3.8, 4) is 11.4 Å². The maximum absolute atomic E-state index is 9.86. The number of hydrogen-bond acceptors (Lipinski definition) is 3. The van der Waals surface area contributed by atoms with Crippen molar-refractivity contribution in [2.24, 2.45) is 0 Å². The monoisotopic (exact) mass is 230 g/mol. The maximum Gasteiger partial charge on any atom is 0.140 e. The molecule has 17 heavy (non-hydrogen) atoms. The van der Waals surface area contributed by atoms with Crippen molar-refractivity contribution in [1.82, 2.24) is 9.55 Å². The van der Waals surface area contributed by atoms with Gasteiger partial charge in [-0.2, -0.15) is 0 Å². The summed E-state index contributed by atoms with van der Waals surface area (Å²) in [5, 5.41) is 9.86. The van der Waals surface area contributed by atoms with Gasteiger partial charge in [0.05, 0.1) is 19.3 Å². The van der Waals surface area contributed by atoms with Crippen molar-refractivity contribution in [2.45, 2.75) is 12.1 Å². The van der Waals surface area contributed by atoms with Gasteiger partial charge in [0, 0.05) is 18.0 Å². The second-order valence-electron chi connectivity index (χ2n) is 4.20. The number of ether oxygens (including phenoxy) is 1. The molecule has 0 radical (unpaired) electrons. The first-order valence-corrected chi connectivity index (χ1v) is 5.70. The first-order chi connectivity index (χ1) is 8.36. The molecule has 2 aromatic rings. The van der Waals surface area contributed by atoms with Crippen LogP contribution in [0.15, 0.2) is 42.7 Å². The lowest BCUT2D eigenvalue weighted by molar-refractivity contribution is 0.119. The normalized spacial score (nSPS) is 24.1. The third kappa shape index (κ3) is 1.85. The van der Waals surface area contributed by atoms with Crippen LogP contribution in [0.2, 0.25) is 0 Å². The number of aromatic nitrogens is 2. The third-order valence-corrected chi connectivity index (χ3v) is 3.08. The summed E-state index contributed by atoms with van der Waals surface area (Å²) >= 11 is 0. The van der Waals surface area contributed by atoms with Gasteiger partial charge >= 0.3 is 0 Å². The van der Waals surface area contributed by atoms with E-state index in [0.717, 1.165) is 11.4 Å². The number of benzene rings is 1. The molecule has 88 valence electrons. The maximum atomic E-state index is 9.86. The largest absolute Gasteiger partial charge is 0.388 e. The molecule has 0 saturated carbocycles. The number of rotatable bonds is 2. The summed E-state index contributed by atoms with van der Waals surface area (Å²) in [5.41, 5.74) is 1.05. The van der Waals surface area contributed by atoms with Crippen LogP contribution in [-0.4, -0.2) is 34.0 Å². The van der Waals surface area contributed by atoms with Crippen molar-refractivity contribution in [3.63, 3.8) is 0 Å². The lowest BCUT2D eigenvalue weighted by Gasteiger charge is -2.17. The Morgan fingerprint density at radius 3 is 2.76 bits per heavy atom. The highest BCUT2D eigenvalue weighted by Crippen LogP contribution is 2.26. The molecule has 4 heteroatoms.